The van der Waals surface area contributed by atoms with Crippen molar-refractivity contribution in [2.45, 2.75) is 45.2 Å². The molecule has 1 aromatic carbocycles. The largest absolute Gasteiger partial charge is 0.371 e. The Morgan fingerprint density at radius 2 is 2.05 bits per heavy atom. The number of halogens is 1. The highest BCUT2D eigenvalue weighted by Crippen LogP contribution is 2.28. The second-order valence-electron chi connectivity index (χ2n) is 6.20. The Hall–Kier alpha value is -1.13. The number of rotatable bonds is 5. The van der Waals surface area contributed by atoms with Crippen LogP contribution in [0.15, 0.2) is 18.2 Å². The lowest BCUT2D eigenvalue weighted by Crippen LogP contribution is -2.43. The molecule has 0 aromatic heterocycles. The average molecular weight is 293 g/mol. The fourth-order valence-electron chi connectivity index (χ4n) is 3.22. The van der Waals surface area contributed by atoms with Crippen molar-refractivity contribution in [3.8, 4) is 0 Å². The summed E-state index contributed by atoms with van der Waals surface area (Å²) in [6.07, 6.45) is 2.86. The summed E-state index contributed by atoms with van der Waals surface area (Å²) in [5, 5.41) is 0. The number of benzene rings is 1. The van der Waals surface area contributed by atoms with E-state index < -0.39 is 0 Å². The average Bonchev–Trinajstić information content (AvgIpc) is 2.48. The van der Waals surface area contributed by atoms with Crippen LogP contribution >= 0.6 is 0 Å². The molecule has 21 heavy (non-hydrogen) atoms. The molecular formula is C17H28FN3. The van der Waals surface area contributed by atoms with Gasteiger partial charge in [-0.2, -0.15) is 0 Å². The summed E-state index contributed by atoms with van der Waals surface area (Å²) in [5.74, 6) is -0.136. The molecule has 0 aliphatic carbocycles. The van der Waals surface area contributed by atoms with Crippen LogP contribution in [0.25, 0.3) is 0 Å². The lowest BCUT2D eigenvalue weighted by atomic mass is 9.99. The first-order valence-electron chi connectivity index (χ1n) is 8.01. The van der Waals surface area contributed by atoms with Crippen LogP contribution in [0.3, 0.4) is 0 Å². The van der Waals surface area contributed by atoms with Crippen molar-refractivity contribution in [2.24, 2.45) is 5.73 Å². The van der Waals surface area contributed by atoms with Gasteiger partial charge in [-0.25, -0.2) is 4.39 Å². The minimum atomic E-state index is -0.136. The standard InChI is InChI=1S/C17H28FN3/c1-4-21-10-8-14(9-11-21)20(3)17-7-5-6-16(18)15(17)12-13(2)19/h5-7,13-14H,4,8-12,19H2,1-3H3. The summed E-state index contributed by atoms with van der Waals surface area (Å²) in [6.45, 7) is 7.51. The molecule has 1 aliphatic rings. The van der Waals surface area contributed by atoms with E-state index in [4.69, 9.17) is 5.73 Å². The normalized spacial score (nSPS) is 18.7. The van der Waals surface area contributed by atoms with E-state index in [1.807, 2.05) is 13.0 Å². The summed E-state index contributed by atoms with van der Waals surface area (Å²) in [6, 6.07) is 5.81. The van der Waals surface area contributed by atoms with Gasteiger partial charge in [-0.15, -0.1) is 0 Å². The van der Waals surface area contributed by atoms with E-state index in [1.165, 1.54) is 6.07 Å². The fourth-order valence-corrected chi connectivity index (χ4v) is 3.22. The summed E-state index contributed by atoms with van der Waals surface area (Å²) in [7, 11) is 2.09. The molecule has 0 bridgehead atoms. The van der Waals surface area contributed by atoms with Crippen LogP contribution in [-0.2, 0) is 6.42 Å². The van der Waals surface area contributed by atoms with Gasteiger partial charge in [0.25, 0.3) is 0 Å². The van der Waals surface area contributed by atoms with Gasteiger partial charge < -0.3 is 15.5 Å². The van der Waals surface area contributed by atoms with Crippen LogP contribution in [0.4, 0.5) is 10.1 Å². The predicted octanol–water partition coefficient (Wildman–Crippen LogP) is 2.64. The molecule has 2 N–H and O–H groups in total. The highest BCUT2D eigenvalue weighted by atomic mass is 19.1. The van der Waals surface area contributed by atoms with Crippen molar-refractivity contribution in [1.82, 2.24) is 4.90 Å². The highest BCUT2D eigenvalue weighted by Gasteiger charge is 2.24. The zero-order chi connectivity index (χ0) is 15.4. The first-order chi connectivity index (χ1) is 10.0. The lowest BCUT2D eigenvalue weighted by Gasteiger charge is -2.38. The van der Waals surface area contributed by atoms with Crippen LogP contribution in [0.5, 0.6) is 0 Å². The Bertz CT molecular complexity index is 453. The molecule has 1 unspecified atom stereocenters. The number of hydrogen-bond acceptors (Lipinski definition) is 3. The molecule has 0 saturated carbocycles. The number of likely N-dealkylation sites (tertiary alicyclic amines) is 1. The Morgan fingerprint density at radius 1 is 1.38 bits per heavy atom. The third-order valence-electron chi connectivity index (χ3n) is 4.55. The molecule has 1 fully saturated rings. The van der Waals surface area contributed by atoms with Crippen LogP contribution in [0.2, 0.25) is 0 Å². The van der Waals surface area contributed by atoms with Gasteiger partial charge in [0, 0.05) is 43.5 Å². The molecule has 1 saturated heterocycles. The SMILES string of the molecule is CCN1CCC(N(C)c2cccc(F)c2CC(C)N)CC1. The Balaban J connectivity index is 2.15. The Labute approximate surface area is 127 Å². The number of piperidine rings is 1. The minimum Gasteiger partial charge on any atom is -0.371 e. The molecule has 3 nitrogen and oxygen atoms in total. The molecular weight excluding hydrogens is 265 g/mol. The first-order valence-corrected chi connectivity index (χ1v) is 8.01. The van der Waals surface area contributed by atoms with Gasteiger partial charge in [0.05, 0.1) is 0 Å². The monoisotopic (exact) mass is 293 g/mol. The quantitative estimate of drug-likeness (QED) is 0.906. The highest BCUT2D eigenvalue weighted by molar-refractivity contribution is 5.55. The van der Waals surface area contributed by atoms with Gasteiger partial charge in [0.2, 0.25) is 0 Å². The molecule has 1 aliphatic heterocycles. The number of anilines is 1. The third kappa shape index (κ3) is 3.95. The first kappa shape index (κ1) is 16.2. The second-order valence-corrected chi connectivity index (χ2v) is 6.20. The van der Waals surface area contributed by atoms with Crippen molar-refractivity contribution < 1.29 is 4.39 Å². The van der Waals surface area contributed by atoms with E-state index in [-0.39, 0.29) is 11.9 Å². The summed E-state index contributed by atoms with van der Waals surface area (Å²) in [4.78, 5) is 4.73. The maximum absolute atomic E-state index is 14.2. The van der Waals surface area contributed by atoms with Gasteiger partial charge in [-0.05, 0) is 44.9 Å². The maximum atomic E-state index is 14.2. The van der Waals surface area contributed by atoms with Gasteiger partial charge >= 0.3 is 0 Å². The van der Waals surface area contributed by atoms with Crippen molar-refractivity contribution in [1.29, 1.82) is 0 Å². The molecule has 0 radical (unpaired) electrons. The second kappa shape index (κ2) is 7.23. The molecule has 118 valence electrons. The summed E-state index contributed by atoms with van der Waals surface area (Å²) in [5.41, 5.74) is 7.64. The Kier molecular flexibility index (Phi) is 5.59. The van der Waals surface area contributed by atoms with Gasteiger partial charge in [0.1, 0.15) is 5.82 Å². The van der Waals surface area contributed by atoms with Crippen LogP contribution in [0, 0.1) is 5.82 Å². The summed E-state index contributed by atoms with van der Waals surface area (Å²) < 4.78 is 14.2. The van der Waals surface area contributed by atoms with Crippen LogP contribution in [0.1, 0.15) is 32.3 Å². The van der Waals surface area contributed by atoms with E-state index in [9.17, 15) is 4.39 Å². The number of nitrogens with zero attached hydrogens (tertiary/aromatic N) is 2. The third-order valence-corrected chi connectivity index (χ3v) is 4.55. The van der Waals surface area contributed by atoms with E-state index in [0.717, 1.165) is 43.7 Å². The topological polar surface area (TPSA) is 32.5 Å². The van der Waals surface area contributed by atoms with E-state index in [0.29, 0.717) is 12.5 Å². The molecule has 0 amide bonds. The molecule has 4 heteroatoms. The number of nitrogens with two attached hydrogens (primary N) is 1. The van der Waals surface area contributed by atoms with Crippen molar-refractivity contribution in [3.63, 3.8) is 0 Å². The fraction of sp³-hybridized carbons (Fsp3) is 0.647. The molecule has 2 rings (SSSR count). The Morgan fingerprint density at radius 3 is 2.62 bits per heavy atom. The molecule has 1 heterocycles. The molecule has 1 aromatic rings. The molecule has 0 spiro atoms. The minimum absolute atomic E-state index is 0.0315. The van der Waals surface area contributed by atoms with Crippen LogP contribution in [-0.4, -0.2) is 43.7 Å². The van der Waals surface area contributed by atoms with Gasteiger partial charge in [0.15, 0.2) is 0 Å². The van der Waals surface area contributed by atoms with E-state index in [1.54, 1.807) is 6.07 Å². The van der Waals surface area contributed by atoms with Crippen molar-refractivity contribution in [2.75, 3.05) is 31.6 Å². The van der Waals surface area contributed by atoms with E-state index in [2.05, 4.69) is 23.8 Å². The predicted molar refractivity (Wildman–Crippen MR) is 87.3 cm³/mol. The maximum Gasteiger partial charge on any atom is 0.128 e. The van der Waals surface area contributed by atoms with Crippen molar-refractivity contribution >= 4 is 5.69 Å². The number of hydrogen-bond donors (Lipinski definition) is 1. The van der Waals surface area contributed by atoms with Crippen molar-refractivity contribution in [3.05, 3.63) is 29.6 Å². The summed E-state index contributed by atoms with van der Waals surface area (Å²) >= 11 is 0. The van der Waals surface area contributed by atoms with E-state index >= 15 is 0 Å². The smallest absolute Gasteiger partial charge is 0.128 e. The van der Waals surface area contributed by atoms with Gasteiger partial charge in [-0.3, -0.25) is 0 Å². The zero-order valence-corrected chi connectivity index (χ0v) is 13.5. The molecule has 1 atom stereocenters. The van der Waals surface area contributed by atoms with Gasteiger partial charge in [-0.1, -0.05) is 13.0 Å². The zero-order valence-electron chi connectivity index (χ0n) is 13.5. The van der Waals surface area contributed by atoms with Crippen LogP contribution < -0.4 is 10.6 Å². The lowest BCUT2D eigenvalue weighted by molar-refractivity contribution is 0.220.